The molecule has 0 aliphatic carbocycles. The van der Waals surface area contributed by atoms with E-state index < -0.39 is 11.9 Å². The Morgan fingerprint density at radius 3 is 2.54 bits per heavy atom. The van der Waals surface area contributed by atoms with Crippen molar-refractivity contribution in [2.45, 2.75) is 65.0 Å². The van der Waals surface area contributed by atoms with Crippen LogP contribution in [0.4, 0.5) is 5.69 Å². The molecule has 3 aliphatic heterocycles. The second kappa shape index (κ2) is 9.32. The third kappa shape index (κ3) is 4.39. The molecule has 6 rings (SSSR count). The molecule has 1 atom stereocenters. The minimum Gasteiger partial charge on any atom is -0.342 e. The number of hydrogen-bond donors (Lipinski definition) is 1. The van der Waals surface area contributed by atoms with Crippen LogP contribution in [-0.2, 0) is 20.8 Å². The van der Waals surface area contributed by atoms with E-state index in [-0.39, 0.29) is 35.6 Å². The van der Waals surface area contributed by atoms with Gasteiger partial charge in [-0.3, -0.25) is 34.1 Å². The van der Waals surface area contributed by atoms with E-state index in [2.05, 4.69) is 16.6 Å². The summed E-state index contributed by atoms with van der Waals surface area (Å²) in [7, 11) is 0. The van der Waals surface area contributed by atoms with Gasteiger partial charge < -0.3 is 4.90 Å². The van der Waals surface area contributed by atoms with Crippen LogP contribution in [0.5, 0.6) is 0 Å². The van der Waals surface area contributed by atoms with Crippen LogP contribution in [0.1, 0.15) is 74.0 Å². The predicted molar refractivity (Wildman–Crippen MR) is 146 cm³/mol. The largest absolute Gasteiger partial charge is 0.342 e. The van der Waals surface area contributed by atoms with Gasteiger partial charge in [0.1, 0.15) is 6.04 Å². The van der Waals surface area contributed by atoms with Crippen molar-refractivity contribution in [1.82, 2.24) is 20.0 Å². The van der Waals surface area contributed by atoms with Crippen LogP contribution in [-0.4, -0.2) is 57.4 Å². The number of amides is 4. The van der Waals surface area contributed by atoms with Crippen LogP contribution in [0.2, 0.25) is 0 Å². The molecule has 0 spiro atoms. The average molecular weight is 528 g/mol. The third-order valence-electron chi connectivity index (χ3n) is 8.16. The van der Waals surface area contributed by atoms with Crippen LogP contribution < -0.4 is 10.2 Å². The highest BCUT2D eigenvalue weighted by atomic mass is 16.2. The number of nitrogens with one attached hydrogen (secondary N) is 1. The SMILES string of the molecule is CC(C)(C)C(=O)N1CCC(n2cc(Cc3ccc4c5c(cccc35)C(=O)N4C3CCC(=O)NC3=O)cn2)CC1. The normalized spacial score (nSPS) is 20.2. The zero-order valence-electron chi connectivity index (χ0n) is 22.6. The van der Waals surface area contributed by atoms with E-state index in [0.29, 0.717) is 18.4 Å². The molecule has 3 aromatic rings. The zero-order valence-corrected chi connectivity index (χ0v) is 22.6. The summed E-state index contributed by atoms with van der Waals surface area (Å²) >= 11 is 0. The smallest absolute Gasteiger partial charge is 0.259 e. The number of carbonyl (C=O) groups excluding carboxylic acids is 4. The first kappa shape index (κ1) is 25.3. The van der Waals surface area contributed by atoms with E-state index in [0.717, 1.165) is 53.5 Å². The first-order valence-electron chi connectivity index (χ1n) is 13.7. The van der Waals surface area contributed by atoms with Crippen LogP contribution >= 0.6 is 0 Å². The monoisotopic (exact) mass is 527 g/mol. The van der Waals surface area contributed by atoms with Crippen molar-refractivity contribution in [3.8, 4) is 0 Å². The van der Waals surface area contributed by atoms with E-state index in [1.807, 2.05) is 60.8 Å². The Morgan fingerprint density at radius 2 is 1.82 bits per heavy atom. The van der Waals surface area contributed by atoms with Crippen LogP contribution in [0, 0.1) is 5.41 Å². The molecule has 202 valence electrons. The lowest BCUT2D eigenvalue weighted by Crippen LogP contribution is -2.53. The molecule has 9 nitrogen and oxygen atoms in total. The number of benzene rings is 2. The first-order valence-corrected chi connectivity index (χ1v) is 13.7. The number of nitrogens with zero attached hydrogens (tertiary/aromatic N) is 4. The fraction of sp³-hybridized carbons (Fsp3) is 0.433. The highest BCUT2D eigenvalue weighted by Crippen LogP contribution is 2.41. The van der Waals surface area contributed by atoms with Gasteiger partial charge in [-0.05, 0) is 47.9 Å². The van der Waals surface area contributed by atoms with Crippen molar-refractivity contribution < 1.29 is 19.2 Å². The highest BCUT2D eigenvalue weighted by molar-refractivity contribution is 6.27. The molecule has 4 amide bonds. The Kier molecular flexibility index (Phi) is 6.04. The van der Waals surface area contributed by atoms with Gasteiger partial charge in [0.15, 0.2) is 0 Å². The summed E-state index contributed by atoms with van der Waals surface area (Å²) in [6, 6.07) is 9.21. The fourth-order valence-corrected chi connectivity index (χ4v) is 6.15. The number of aromatic nitrogens is 2. The Morgan fingerprint density at radius 1 is 1.05 bits per heavy atom. The van der Waals surface area contributed by atoms with E-state index in [4.69, 9.17) is 0 Å². The Bertz CT molecular complexity index is 1510. The van der Waals surface area contributed by atoms with Crippen molar-refractivity contribution in [3.05, 3.63) is 59.4 Å². The van der Waals surface area contributed by atoms with E-state index >= 15 is 0 Å². The molecule has 2 saturated heterocycles. The summed E-state index contributed by atoms with van der Waals surface area (Å²) in [5.41, 5.74) is 3.10. The molecule has 2 fully saturated rings. The summed E-state index contributed by atoms with van der Waals surface area (Å²) in [5, 5.41) is 8.87. The van der Waals surface area contributed by atoms with Crippen molar-refractivity contribution in [2.24, 2.45) is 5.41 Å². The molecule has 0 saturated carbocycles. The van der Waals surface area contributed by atoms with Gasteiger partial charge in [-0.1, -0.05) is 39.0 Å². The van der Waals surface area contributed by atoms with Crippen LogP contribution in [0.15, 0.2) is 42.7 Å². The summed E-state index contributed by atoms with van der Waals surface area (Å²) in [4.78, 5) is 53.8. The molecule has 1 N–H and O–H groups in total. The Hall–Kier alpha value is -4.01. The van der Waals surface area contributed by atoms with Gasteiger partial charge in [-0.15, -0.1) is 0 Å². The molecule has 1 aromatic heterocycles. The number of carbonyl (C=O) groups is 4. The molecular formula is C30H33N5O4. The highest BCUT2D eigenvalue weighted by Gasteiger charge is 2.41. The topological polar surface area (TPSA) is 105 Å². The lowest BCUT2D eigenvalue weighted by molar-refractivity contribution is -0.141. The summed E-state index contributed by atoms with van der Waals surface area (Å²) in [5.74, 6) is -0.730. The molecule has 2 aromatic carbocycles. The van der Waals surface area contributed by atoms with E-state index in [9.17, 15) is 19.2 Å². The fourth-order valence-electron chi connectivity index (χ4n) is 6.15. The lowest BCUT2D eigenvalue weighted by atomic mass is 9.93. The minimum absolute atomic E-state index is 0.198. The van der Waals surface area contributed by atoms with Crippen molar-refractivity contribution in [2.75, 3.05) is 18.0 Å². The second-order valence-corrected chi connectivity index (χ2v) is 11.9. The maximum Gasteiger partial charge on any atom is 0.259 e. The van der Waals surface area contributed by atoms with Crippen LogP contribution in [0.25, 0.3) is 10.8 Å². The standard InChI is InChI=1S/C30H33N5O4/c1-30(2,3)29(39)33-13-11-20(12-14-33)34-17-18(16-31-34)15-19-7-8-23-26-21(19)5-4-6-22(26)28(38)35(23)24-9-10-25(36)32-27(24)37/h4-8,16-17,20,24H,9-15H2,1-3H3,(H,32,36,37). The number of anilines is 1. The molecular weight excluding hydrogens is 494 g/mol. The predicted octanol–water partition coefficient (Wildman–Crippen LogP) is 3.60. The van der Waals surface area contributed by atoms with Crippen molar-refractivity contribution in [3.63, 3.8) is 0 Å². The number of rotatable bonds is 4. The number of imide groups is 1. The summed E-state index contributed by atoms with van der Waals surface area (Å²) in [6.45, 7) is 7.36. The molecule has 1 unspecified atom stereocenters. The summed E-state index contributed by atoms with van der Waals surface area (Å²) in [6.07, 6.45) is 6.94. The molecule has 0 radical (unpaired) electrons. The Labute approximate surface area is 227 Å². The van der Waals surface area contributed by atoms with Gasteiger partial charge >= 0.3 is 0 Å². The van der Waals surface area contributed by atoms with Gasteiger partial charge in [0, 0.05) is 48.5 Å². The second-order valence-electron chi connectivity index (χ2n) is 11.9. The molecule has 4 heterocycles. The van der Waals surface area contributed by atoms with Gasteiger partial charge in [-0.25, -0.2) is 0 Å². The lowest BCUT2D eigenvalue weighted by Gasteiger charge is -2.35. The maximum atomic E-state index is 13.4. The van der Waals surface area contributed by atoms with E-state index in [1.54, 1.807) is 11.0 Å². The van der Waals surface area contributed by atoms with Crippen molar-refractivity contribution in [1.29, 1.82) is 0 Å². The van der Waals surface area contributed by atoms with E-state index in [1.165, 1.54) is 0 Å². The number of piperidine rings is 2. The Balaban J connectivity index is 1.22. The third-order valence-corrected chi connectivity index (χ3v) is 8.16. The molecule has 0 bridgehead atoms. The minimum atomic E-state index is -0.694. The number of hydrogen-bond acceptors (Lipinski definition) is 5. The summed E-state index contributed by atoms with van der Waals surface area (Å²) < 4.78 is 2.03. The molecule has 9 heteroatoms. The average Bonchev–Trinajstić information content (AvgIpc) is 3.48. The van der Waals surface area contributed by atoms with Gasteiger partial charge in [-0.2, -0.15) is 5.10 Å². The zero-order chi connectivity index (χ0) is 27.5. The first-order chi connectivity index (χ1) is 18.6. The quantitative estimate of drug-likeness (QED) is 0.522. The van der Waals surface area contributed by atoms with Gasteiger partial charge in [0.25, 0.3) is 5.91 Å². The van der Waals surface area contributed by atoms with Crippen molar-refractivity contribution >= 4 is 40.1 Å². The van der Waals surface area contributed by atoms with Gasteiger partial charge in [0.2, 0.25) is 17.7 Å². The molecule has 39 heavy (non-hydrogen) atoms. The maximum absolute atomic E-state index is 13.4. The number of likely N-dealkylation sites (tertiary alicyclic amines) is 1. The van der Waals surface area contributed by atoms with Crippen LogP contribution in [0.3, 0.4) is 0 Å². The molecule has 3 aliphatic rings. The van der Waals surface area contributed by atoms with Gasteiger partial charge in [0.05, 0.1) is 17.9 Å².